The number of rotatable bonds is 8. The summed E-state index contributed by atoms with van der Waals surface area (Å²) in [5.74, 6) is 1.54. The van der Waals surface area contributed by atoms with Gasteiger partial charge < -0.3 is 10.1 Å². The van der Waals surface area contributed by atoms with Gasteiger partial charge in [-0.2, -0.15) is 0 Å². The lowest BCUT2D eigenvalue weighted by Gasteiger charge is -2.12. The van der Waals surface area contributed by atoms with Gasteiger partial charge in [-0.25, -0.2) is 0 Å². The molecule has 1 amide bonds. The van der Waals surface area contributed by atoms with Gasteiger partial charge in [0.25, 0.3) is 0 Å². The molecule has 0 spiro atoms. The third-order valence-electron chi connectivity index (χ3n) is 5.61. The summed E-state index contributed by atoms with van der Waals surface area (Å²) in [4.78, 5) is 13.0. The molecule has 0 saturated heterocycles. The number of amides is 1. The average molecular weight is 493 g/mol. The van der Waals surface area contributed by atoms with E-state index in [4.69, 9.17) is 4.74 Å². The van der Waals surface area contributed by atoms with Crippen LogP contribution in [0.25, 0.3) is 28.2 Å². The highest BCUT2D eigenvalue weighted by molar-refractivity contribution is 7.99. The zero-order valence-electron chi connectivity index (χ0n) is 19.7. The summed E-state index contributed by atoms with van der Waals surface area (Å²) in [6.07, 6.45) is 0. The summed E-state index contributed by atoms with van der Waals surface area (Å²) in [6, 6.07) is 35.4. The van der Waals surface area contributed by atoms with Crippen molar-refractivity contribution in [2.75, 3.05) is 18.2 Å². The first-order valence-electron chi connectivity index (χ1n) is 11.5. The summed E-state index contributed by atoms with van der Waals surface area (Å²) in [5, 5.41) is 12.6. The highest BCUT2D eigenvalue weighted by Crippen LogP contribution is 2.30. The standard InChI is InChI=1S/C29H24N4O2S/c1-35-24-18-16-22(17-19-24)28-31-32-29(33(28)23-12-6-3-7-13-23)36-20-27(34)30-26-15-9-8-14-25(26)21-10-4-2-5-11-21/h2-19H,20H2,1H3,(H,30,34). The van der Waals surface area contributed by atoms with E-state index in [1.165, 1.54) is 11.8 Å². The van der Waals surface area contributed by atoms with Crippen LogP contribution in [0.2, 0.25) is 0 Å². The van der Waals surface area contributed by atoms with E-state index in [2.05, 4.69) is 15.5 Å². The summed E-state index contributed by atoms with van der Waals surface area (Å²) in [6.45, 7) is 0. The van der Waals surface area contributed by atoms with Crippen molar-refractivity contribution < 1.29 is 9.53 Å². The van der Waals surface area contributed by atoms with E-state index in [1.54, 1.807) is 7.11 Å². The molecule has 0 fully saturated rings. The SMILES string of the molecule is COc1ccc(-c2nnc(SCC(=O)Nc3ccccc3-c3ccccc3)n2-c2ccccc2)cc1. The van der Waals surface area contributed by atoms with Gasteiger partial charge >= 0.3 is 0 Å². The second kappa shape index (κ2) is 10.9. The summed E-state index contributed by atoms with van der Waals surface area (Å²) in [7, 11) is 1.64. The van der Waals surface area contributed by atoms with Crippen LogP contribution in [0.1, 0.15) is 0 Å². The van der Waals surface area contributed by atoms with Gasteiger partial charge in [0.2, 0.25) is 5.91 Å². The van der Waals surface area contributed by atoms with Gasteiger partial charge in [0.1, 0.15) is 5.75 Å². The Kier molecular flexibility index (Phi) is 7.10. The monoisotopic (exact) mass is 492 g/mol. The highest BCUT2D eigenvalue weighted by atomic mass is 32.2. The molecular formula is C29H24N4O2S. The van der Waals surface area contributed by atoms with E-state index in [9.17, 15) is 4.79 Å². The molecule has 5 rings (SSSR count). The third-order valence-corrected chi connectivity index (χ3v) is 6.54. The molecule has 0 atom stereocenters. The number of anilines is 1. The lowest BCUT2D eigenvalue weighted by atomic mass is 10.0. The maximum Gasteiger partial charge on any atom is 0.234 e. The van der Waals surface area contributed by atoms with Gasteiger partial charge in [-0.05, 0) is 48.0 Å². The van der Waals surface area contributed by atoms with Crippen molar-refractivity contribution in [1.29, 1.82) is 0 Å². The molecule has 7 heteroatoms. The molecule has 178 valence electrons. The smallest absolute Gasteiger partial charge is 0.234 e. The Labute approximate surface area is 214 Å². The number of nitrogens with one attached hydrogen (secondary N) is 1. The van der Waals surface area contributed by atoms with E-state index in [0.29, 0.717) is 11.0 Å². The average Bonchev–Trinajstić information content (AvgIpc) is 3.37. The number of methoxy groups -OCH3 is 1. The number of carbonyl (C=O) groups is 1. The molecular weight excluding hydrogens is 468 g/mol. The number of carbonyl (C=O) groups excluding carboxylic acids is 1. The highest BCUT2D eigenvalue weighted by Gasteiger charge is 2.18. The third kappa shape index (κ3) is 5.16. The molecule has 0 aliphatic heterocycles. The van der Waals surface area contributed by atoms with Gasteiger partial charge in [0.15, 0.2) is 11.0 Å². The van der Waals surface area contributed by atoms with Crippen LogP contribution in [0.3, 0.4) is 0 Å². The molecule has 6 nitrogen and oxygen atoms in total. The van der Waals surface area contributed by atoms with Crippen LogP contribution < -0.4 is 10.1 Å². The van der Waals surface area contributed by atoms with Gasteiger partial charge in [-0.1, -0.05) is 78.5 Å². The summed E-state index contributed by atoms with van der Waals surface area (Å²) < 4.78 is 7.25. The van der Waals surface area contributed by atoms with Crippen molar-refractivity contribution in [3.63, 3.8) is 0 Å². The number of benzene rings is 4. The van der Waals surface area contributed by atoms with Crippen LogP contribution in [0.4, 0.5) is 5.69 Å². The van der Waals surface area contributed by atoms with Gasteiger partial charge in [0.05, 0.1) is 12.9 Å². The molecule has 5 aromatic rings. The number of ether oxygens (including phenoxy) is 1. The first-order chi connectivity index (χ1) is 17.7. The van der Waals surface area contributed by atoms with Crippen LogP contribution in [0, 0.1) is 0 Å². The minimum Gasteiger partial charge on any atom is -0.497 e. The maximum absolute atomic E-state index is 13.0. The molecule has 0 radical (unpaired) electrons. The normalized spacial score (nSPS) is 10.7. The number of nitrogens with zero attached hydrogens (tertiary/aromatic N) is 3. The first-order valence-corrected chi connectivity index (χ1v) is 12.4. The van der Waals surface area contributed by atoms with Crippen LogP contribution in [-0.2, 0) is 4.79 Å². The van der Waals surface area contributed by atoms with E-state index in [1.807, 2.05) is 114 Å². The van der Waals surface area contributed by atoms with Crippen molar-refractivity contribution in [2.24, 2.45) is 0 Å². The molecule has 1 heterocycles. The van der Waals surface area contributed by atoms with E-state index in [0.717, 1.165) is 33.8 Å². The molecule has 0 unspecified atom stereocenters. The van der Waals surface area contributed by atoms with Gasteiger partial charge in [-0.3, -0.25) is 9.36 Å². The fraction of sp³-hybridized carbons (Fsp3) is 0.0690. The Morgan fingerprint density at radius 2 is 1.47 bits per heavy atom. The van der Waals surface area contributed by atoms with Gasteiger partial charge in [-0.15, -0.1) is 10.2 Å². The molecule has 0 saturated carbocycles. The van der Waals surface area contributed by atoms with Crippen molar-refractivity contribution in [3.05, 3.63) is 109 Å². The lowest BCUT2D eigenvalue weighted by Crippen LogP contribution is -2.15. The minimum atomic E-state index is -0.114. The van der Waals surface area contributed by atoms with Crippen LogP contribution in [-0.4, -0.2) is 33.5 Å². The number of hydrogen-bond acceptors (Lipinski definition) is 5. The predicted octanol–water partition coefficient (Wildman–Crippen LogP) is 6.34. The lowest BCUT2D eigenvalue weighted by molar-refractivity contribution is -0.113. The predicted molar refractivity (Wildman–Crippen MR) is 145 cm³/mol. The Morgan fingerprint density at radius 1 is 0.806 bits per heavy atom. The minimum absolute atomic E-state index is 0.114. The van der Waals surface area contributed by atoms with Crippen LogP contribution in [0.5, 0.6) is 5.75 Å². The molecule has 0 aliphatic rings. The summed E-state index contributed by atoms with van der Waals surface area (Å²) in [5.41, 5.74) is 4.63. The molecule has 0 bridgehead atoms. The Hall–Kier alpha value is -4.36. The number of hydrogen-bond donors (Lipinski definition) is 1. The van der Waals surface area contributed by atoms with E-state index in [-0.39, 0.29) is 11.7 Å². The first kappa shape index (κ1) is 23.4. The molecule has 0 aliphatic carbocycles. The van der Waals surface area contributed by atoms with Crippen molar-refractivity contribution in [1.82, 2.24) is 14.8 Å². The Bertz CT molecular complexity index is 1450. The van der Waals surface area contributed by atoms with Crippen LogP contribution >= 0.6 is 11.8 Å². The second-order valence-electron chi connectivity index (χ2n) is 7.95. The largest absolute Gasteiger partial charge is 0.497 e. The topological polar surface area (TPSA) is 69.0 Å². The van der Waals surface area contributed by atoms with E-state index < -0.39 is 0 Å². The molecule has 36 heavy (non-hydrogen) atoms. The zero-order chi connectivity index (χ0) is 24.7. The zero-order valence-corrected chi connectivity index (χ0v) is 20.5. The fourth-order valence-electron chi connectivity index (χ4n) is 3.88. The quantitative estimate of drug-likeness (QED) is 0.256. The number of thioether (sulfide) groups is 1. The van der Waals surface area contributed by atoms with Crippen molar-refractivity contribution >= 4 is 23.4 Å². The molecule has 1 aromatic heterocycles. The Balaban J connectivity index is 1.38. The van der Waals surface area contributed by atoms with Crippen molar-refractivity contribution in [3.8, 4) is 34.0 Å². The van der Waals surface area contributed by atoms with E-state index >= 15 is 0 Å². The van der Waals surface area contributed by atoms with Gasteiger partial charge in [0, 0.05) is 22.5 Å². The maximum atomic E-state index is 13.0. The molecule has 4 aromatic carbocycles. The summed E-state index contributed by atoms with van der Waals surface area (Å²) >= 11 is 1.35. The fourth-order valence-corrected chi connectivity index (χ4v) is 4.63. The molecule has 1 N–H and O–H groups in total. The number of para-hydroxylation sites is 2. The Morgan fingerprint density at radius 3 is 2.19 bits per heavy atom. The van der Waals surface area contributed by atoms with Crippen molar-refractivity contribution in [2.45, 2.75) is 5.16 Å². The number of aromatic nitrogens is 3. The van der Waals surface area contributed by atoms with Crippen LogP contribution in [0.15, 0.2) is 114 Å². The second-order valence-corrected chi connectivity index (χ2v) is 8.90.